The fraction of sp³-hybridized carbons (Fsp3) is 0.381. The monoisotopic (exact) mass is 428 g/mol. The number of hydrogen-bond donors (Lipinski definition) is 1. The maximum absolute atomic E-state index is 12.5. The molecule has 2 aromatic heterocycles. The number of nitrogens with one attached hydrogen (secondary N) is 1. The quantitative estimate of drug-likeness (QED) is 0.546. The van der Waals surface area contributed by atoms with Crippen LogP contribution in [0.1, 0.15) is 31.4 Å². The number of carbonyl (C=O) groups excluding carboxylic acids is 1. The number of ether oxygens (including phenoxy) is 1. The molecule has 8 heteroatoms. The van der Waals surface area contributed by atoms with Crippen LogP contribution >= 0.6 is 23.1 Å². The van der Waals surface area contributed by atoms with Gasteiger partial charge >= 0.3 is 0 Å². The highest BCUT2D eigenvalue weighted by atomic mass is 32.2. The van der Waals surface area contributed by atoms with Crippen LogP contribution in [-0.4, -0.2) is 39.1 Å². The second-order valence-corrected chi connectivity index (χ2v) is 8.91. The fourth-order valence-corrected chi connectivity index (χ4v) is 4.85. The minimum atomic E-state index is -0.0317. The zero-order valence-electron chi connectivity index (χ0n) is 16.3. The van der Waals surface area contributed by atoms with Crippen LogP contribution in [0.15, 0.2) is 53.0 Å². The Morgan fingerprint density at radius 1 is 1.31 bits per heavy atom. The highest BCUT2D eigenvalue weighted by Gasteiger charge is 2.22. The lowest BCUT2D eigenvalue weighted by molar-refractivity contribution is -0.119. The van der Waals surface area contributed by atoms with Gasteiger partial charge in [0.2, 0.25) is 5.91 Å². The number of thiophene rings is 1. The van der Waals surface area contributed by atoms with Crippen LogP contribution in [0.2, 0.25) is 0 Å². The first-order chi connectivity index (χ1) is 14.2. The predicted molar refractivity (Wildman–Crippen MR) is 116 cm³/mol. The summed E-state index contributed by atoms with van der Waals surface area (Å²) in [5, 5.41) is 14.6. The second-order valence-electron chi connectivity index (χ2n) is 7.02. The summed E-state index contributed by atoms with van der Waals surface area (Å²) < 4.78 is 7.92. The number of nitrogens with zero attached hydrogens (tertiary/aromatic N) is 3. The standard InChI is InChI=1S/C21H24N4O2S2/c1-15(16-7-3-2-4-8-16)22-19(26)14-29-21-24-23-20(18-10-6-12-28-18)25(21)13-17-9-5-11-27-17/h2-4,6-8,10,12,15,17H,5,9,11,13-14H2,1H3,(H,22,26). The van der Waals surface area contributed by atoms with Crippen molar-refractivity contribution >= 4 is 29.0 Å². The third-order valence-electron chi connectivity index (χ3n) is 4.88. The van der Waals surface area contributed by atoms with Crippen LogP contribution in [-0.2, 0) is 16.1 Å². The number of amides is 1. The van der Waals surface area contributed by atoms with Crippen LogP contribution in [0.3, 0.4) is 0 Å². The van der Waals surface area contributed by atoms with E-state index in [4.69, 9.17) is 4.74 Å². The molecule has 0 bridgehead atoms. The first-order valence-electron chi connectivity index (χ1n) is 9.76. The number of hydrogen-bond acceptors (Lipinski definition) is 6. The number of aromatic nitrogens is 3. The minimum Gasteiger partial charge on any atom is -0.376 e. The lowest BCUT2D eigenvalue weighted by Gasteiger charge is -2.15. The van der Waals surface area contributed by atoms with E-state index in [-0.39, 0.29) is 18.1 Å². The van der Waals surface area contributed by atoms with Crippen molar-refractivity contribution in [2.75, 3.05) is 12.4 Å². The van der Waals surface area contributed by atoms with Crippen LogP contribution in [0.25, 0.3) is 10.7 Å². The summed E-state index contributed by atoms with van der Waals surface area (Å²) in [6, 6.07) is 14.0. The maximum Gasteiger partial charge on any atom is 0.230 e. The van der Waals surface area contributed by atoms with Gasteiger partial charge in [-0.1, -0.05) is 48.2 Å². The predicted octanol–water partition coefficient (Wildman–Crippen LogP) is 4.16. The first kappa shape index (κ1) is 20.1. The van der Waals surface area contributed by atoms with E-state index in [9.17, 15) is 4.79 Å². The van der Waals surface area contributed by atoms with Crippen LogP contribution < -0.4 is 5.32 Å². The molecule has 0 radical (unpaired) electrons. The van der Waals surface area contributed by atoms with E-state index < -0.39 is 0 Å². The molecule has 29 heavy (non-hydrogen) atoms. The molecule has 0 saturated carbocycles. The summed E-state index contributed by atoms with van der Waals surface area (Å²) in [5.41, 5.74) is 1.09. The molecule has 0 aliphatic carbocycles. The third kappa shape index (κ3) is 5.07. The largest absolute Gasteiger partial charge is 0.376 e. The van der Waals surface area contributed by atoms with E-state index in [1.165, 1.54) is 11.8 Å². The zero-order valence-corrected chi connectivity index (χ0v) is 17.9. The van der Waals surface area contributed by atoms with Gasteiger partial charge in [-0.05, 0) is 36.8 Å². The Labute approximate surface area is 178 Å². The molecular formula is C21H24N4O2S2. The topological polar surface area (TPSA) is 69.0 Å². The molecule has 3 aromatic rings. The molecule has 2 unspecified atom stereocenters. The Balaban J connectivity index is 1.43. The van der Waals surface area contributed by atoms with Crippen molar-refractivity contribution in [1.82, 2.24) is 20.1 Å². The Bertz CT molecular complexity index is 922. The van der Waals surface area contributed by atoms with E-state index in [2.05, 4.69) is 20.1 Å². The Morgan fingerprint density at radius 2 is 2.17 bits per heavy atom. The molecule has 1 saturated heterocycles. The van der Waals surface area contributed by atoms with Crippen LogP contribution in [0.4, 0.5) is 0 Å². The summed E-state index contributed by atoms with van der Waals surface area (Å²) in [4.78, 5) is 13.6. The van der Waals surface area contributed by atoms with Crippen molar-refractivity contribution in [1.29, 1.82) is 0 Å². The van der Waals surface area contributed by atoms with E-state index >= 15 is 0 Å². The first-order valence-corrected chi connectivity index (χ1v) is 11.6. The minimum absolute atomic E-state index is 0.0179. The number of carbonyl (C=O) groups is 1. The molecule has 0 spiro atoms. The molecule has 1 amide bonds. The molecule has 1 aromatic carbocycles. The molecule has 1 aliphatic heterocycles. The Morgan fingerprint density at radius 3 is 2.90 bits per heavy atom. The molecular weight excluding hydrogens is 404 g/mol. The average Bonchev–Trinajstić information content (AvgIpc) is 3.50. The van der Waals surface area contributed by atoms with Gasteiger partial charge < -0.3 is 10.1 Å². The highest BCUT2D eigenvalue weighted by molar-refractivity contribution is 7.99. The van der Waals surface area contributed by atoms with Crippen LogP contribution in [0, 0.1) is 0 Å². The summed E-state index contributed by atoms with van der Waals surface area (Å²) in [7, 11) is 0. The van der Waals surface area contributed by atoms with E-state index in [1.54, 1.807) is 11.3 Å². The van der Waals surface area contributed by atoms with E-state index in [0.717, 1.165) is 40.9 Å². The average molecular weight is 429 g/mol. The highest BCUT2D eigenvalue weighted by Crippen LogP contribution is 2.29. The zero-order chi connectivity index (χ0) is 20.1. The van der Waals surface area contributed by atoms with Gasteiger partial charge in [0.1, 0.15) is 0 Å². The molecule has 1 aliphatic rings. The van der Waals surface area contributed by atoms with Crippen molar-refractivity contribution < 1.29 is 9.53 Å². The van der Waals surface area contributed by atoms with Gasteiger partial charge in [0.15, 0.2) is 11.0 Å². The maximum atomic E-state index is 12.5. The SMILES string of the molecule is CC(NC(=O)CSc1nnc(-c2cccs2)n1CC1CCCO1)c1ccccc1. The Kier molecular flexibility index (Phi) is 6.63. The molecule has 6 nitrogen and oxygen atoms in total. The summed E-state index contributed by atoms with van der Waals surface area (Å²) in [6.45, 7) is 3.51. The summed E-state index contributed by atoms with van der Waals surface area (Å²) in [5.74, 6) is 1.12. The van der Waals surface area contributed by atoms with Gasteiger partial charge in [-0.2, -0.15) is 0 Å². The Hall–Kier alpha value is -2.16. The molecule has 2 atom stereocenters. The summed E-state index contributed by atoms with van der Waals surface area (Å²) in [6.07, 6.45) is 2.31. The summed E-state index contributed by atoms with van der Waals surface area (Å²) >= 11 is 3.06. The van der Waals surface area contributed by atoms with E-state index in [0.29, 0.717) is 12.3 Å². The number of rotatable bonds is 8. The third-order valence-corrected chi connectivity index (χ3v) is 6.71. The normalized spacial score (nSPS) is 17.3. The fourth-order valence-electron chi connectivity index (χ4n) is 3.38. The second kappa shape index (κ2) is 9.56. The van der Waals surface area contributed by atoms with Gasteiger partial charge in [-0.25, -0.2) is 0 Å². The molecule has 1 N–H and O–H groups in total. The van der Waals surface area contributed by atoms with Gasteiger partial charge in [-0.3, -0.25) is 9.36 Å². The van der Waals surface area contributed by atoms with Crippen molar-refractivity contribution in [3.63, 3.8) is 0 Å². The molecule has 1 fully saturated rings. The lowest BCUT2D eigenvalue weighted by Crippen LogP contribution is -2.28. The van der Waals surface area contributed by atoms with Gasteiger partial charge in [0.25, 0.3) is 0 Å². The van der Waals surface area contributed by atoms with Gasteiger partial charge in [0.05, 0.1) is 29.3 Å². The molecule has 152 valence electrons. The van der Waals surface area contributed by atoms with Gasteiger partial charge in [0, 0.05) is 6.61 Å². The van der Waals surface area contributed by atoms with Crippen LogP contribution in [0.5, 0.6) is 0 Å². The van der Waals surface area contributed by atoms with Crippen molar-refractivity contribution in [2.24, 2.45) is 0 Å². The molecule has 4 rings (SSSR count). The lowest BCUT2D eigenvalue weighted by atomic mass is 10.1. The number of thioether (sulfide) groups is 1. The molecule has 3 heterocycles. The smallest absolute Gasteiger partial charge is 0.230 e. The van der Waals surface area contributed by atoms with Crippen molar-refractivity contribution in [3.8, 4) is 10.7 Å². The van der Waals surface area contributed by atoms with Gasteiger partial charge in [-0.15, -0.1) is 21.5 Å². The van der Waals surface area contributed by atoms with Crippen molar-refractivity contribution in [3.05, 3.63) is 53.4 Å². The van der Waals surface area contributed by atoms with E-state index in [1.807, 2.05) is 54.8 Å². The number of benzene rings is 1. The van der Waals surface area contributed by atoms with Crippen molar-refractivity contribution in [2.45, 2.75) is 43.6 Å².